The largest absolute Gasteiger partial charge is 0.469 e. The van der Waals surface area contributed by atoms with Gasteiger partial charge in [-0.25, -0.2) is 0 Å². The van der Waals surface area contributed by atoms with Crippen LogP contribution in [0.15, 0.2) is 0 Å². The van der Waals surface area contributed by atoms with E-state index in [4.69, 9.17) is 12.8 Å². The minimum Gasteiger partial charge on any atom is -0.469 e. The molecule has 0 saturated heterocycles. The molecule has 0 amide bonds. The molecule has 2 nitrogen and oxygen atoms in total. The van der Waals surface area contributed by atoms with Crippen LogP contribution >= 0.6 is 0 Å². The van der Waals surface area contributed by atoms with E-state index in [9.17, 15) is 4.79 Å². The first kappa shape index (κ1) is 10.6. The summed E-state index contributed by atoms with van der Waals surface area (Å²) < 4.78 is 4.56. The standard InChI is InChI=1S/C10H12O2/c1-4-6-8-9(7-5-2)10(11)12-3/h1-2,9H,6-8H2,3H3. The average molecular weight is 164 g/mol. The number of carbonyl (C=O) groups excluding carboxylic acids is 1. The van der Waals surface area contributed by atoms with Crippen LogP contribution in [-0.2, 0) is 9.53 Å². The molecule has 0 aromatic carbocycles. The van der Waals surface area contributed by atoms with E-state index in [-0.39, 0.29) is 11.9 Å². The fourth-order valence-electron chi connectivity index (χ4n) is 0.870. The summed E-state index contributed by atoms with van der Waals surface area (Å²) >= 11 is 0. The lowest BCUT2D eigenvalue weighted by molar-refractivity contribution is -0.145. The highest BCUT2D eigenvalue weighted by Gasteiger charge is 2.16. The second-order valence-corrected chi connectivity index (χ2v) is 2.37. The summed E-state index contributed by atoms with van der Waals surface area (Å²) in [6.45, 7) is 0. The Morgan fingerprint density at radius 3 is 2.58 bits per heavy atom. The van der Waals surface area contributed by atoms with Crippen molar-refractivity contribution in [2.75, 3.05) is 7.11 Å². The zero-order chi connectivity index (χ0) is 9.40. The third-order valence-electron chi connectivity index (χ3n) is 1.54. The zero-order valence-electron chi connectivity index (χ0n) is 7.17. The van der Waals surface area contributed by atoms with Crippen LogP contribution in [0, 0.1) is 30.6 Å². The summed E-state index contributed by atoms with van der Waals surface area (Å²) in [5.74, 6) is 4.37. The molecular weight excluding hydrogens is 152 g/mol. The molecule has 1 unspecified atom stereocenters. The molecule has 0 heterocycles. The summed E-state index contributed by atoms with van der Waals surface area (Å²) in [7, 11) is 1.35. The molecule has 0 aromatic heterocycles. The van der Waals surface area contributed by atoms with Gasteiger partial charge in [-0.1, -0.05) is 0 Å². The maximum atomic E-state index is 11.0. The molecule has 0 aliphatic heterocycles. The third-order valence-corrected chi connectivity index (χ3v) is 1.54. The third kappa shape index (κ3) is 3.68. The van der Waals surface area contributed by atoms with Gasteiger partial charge in [0.1, 0.15) is 0 Å². The van der Waals surface area contributed by atoms with Crippen molar-refractivity contribution in [1.29, 1.82) is 0 Å². The van der Waals surface area contributed by atoms with Gasteiger partial charge in [0.2, 0.25) is 0 Å². The van der Waals surface area contributed by atoms with Gasteiger partial charge in [0.05, 0.1) is 13.0 Å². The smallest absolute Gasteiger partial charge is 0.309 e. The first-order chi connectivity index (χ1) is 5.76. The van der Waals surface area contributed by atoms with Crippen LogP contribution < -0.4 is 0 Å². The Morgan fingerprint density at radius 1 is 1.50 bits per heavy atom. The van der Waals surface area contributed by atoms with E-state index in [1.165, 1.54) is 7.11 Å². The second kappa shape index (κ2) is 6.31. The Kier molecular flexibility index (Phi) is 5.57. The van der Waals surface area contributed by atoms with E-state index in [2.05, 4.69) is 16.6 Å². The Hall–Kier alpha value is -1.41. The van der Waals surface area contributed by atoms with Crippen LogP contribution in [0.5, 0.6) is 0 Å². The fourth-order valence-corrected chi connectivity index (χ4v) is 0.870. The van der Waals surface area contributed by atoms with Crippen molar-refractivity contribution in [2.45, 2.75) is 19.3 Å². The predicted octanol–water partition coefficient (Wildman–Crippen LogP) is 1.21. The van der Waals surface area contributed by atoms with Crippen molar-refractivity contribution in [3.05, 3.63) is 0 Å². The molecule has 0 aliphatic rings. The average Bonchev–Trinajstić information content (AvgIpc) is 2.11. The molecule has 0 aliphatic carbocycles. The highest BCUT2D eigenvalue weighted by molar-refractivity contribution is 5.72. The SMILES string of the molecule is C#CCCC(CC#C)C(=O)OC. The summed E-state index contributed by atoms with van der Waals surface area (Å²) in [6.07, 6.45) is 11.7. The van der Waals surface area contributed by atoms with E-state index in [0.717, 1.165) is 0 Å². The van der Waals surface area contributed by atoms with Gasteiger partial charge >= 0.3 is 5.97 Å². The molecule has 0 radical (unpaired) electrons. The maximum absolute atomic E-state index is 11.0. The molecule has 12 heavy (non-hydrogen) atoms. The van der Waals surface area contributed by atoms with Crippen molar-refractivity contribution in [2.24, 2.45) is 5.92 Å². The van der Waals surface area contributed by atoms with Crippen LogP contribution in [0.25, 0.3) is 0 Å². The Bertz CT molecular complexity index is 217. The highest BCUT2D eigenvalue weighted by atomic mass is 16.5. The number of methoxy groups -OCH3 is 1. The van der Waals surface area contributed by atoms with Crippen LogP contribution in [0.4, 0.5) is 0 Å². The summed E-state index contributed by atoms with van der Waals surface area (Å²) in [5.41, 5.74) is 0. The van der Waals surface area contributed by atoms with E-state index in [1.54, 1.807) is 0 Å². The normalized spacial score (nSPS) is 10.9. The van der Waals surface area contributed by atoms with Crippen LogP contribution in [0.2, 0.25) is 0 Å². The van der Waals surface area contributed by atoms with Crippen LogP contribution in [0.1, 0.15) is 19.3 Å². The molecule has 0 N–H and O–H groups in total. The quantitative estimate of drug-likeness (QED) is 0.461. The lowest BCUT2D eigenvalue weighted by atomic mass is 10.0. The van der Waals surface area contributed by atoms with Gasteiger partial charge in [-0.2, -0.15) is 0 Å². The second-order valence-electron chi connectivity index (χ2n) is 2.37. The lowest BCUT2D eigenvalue weighted by Crippen LogP contribution is -2.15. The molecule has 0 spiro atoms. The van der Waals surface area contributed by atoms with Crippen molar-refractivity contribution in [3.8, 4) is 24.7 Å². The first-order valence-corrected chi connectivity index (χ1v) is 3.71. The molecule has 64 valence electrons. The number of ether oxygens (including phenoxy) is 1. The maximum Gasteiger partial charge on any atom is 0.309 e. The number of carbonyl (C=O) groups is 1. The van der Waals surface area contributed by atoms with Crippen molar-refractivity contribution in [3.63, 3.8) is 0 Å². The van der Waals surface area contributed by atoms with Crippen LogP contribution in [-0.4, -0.2) is 13.1 Å². The van der Waals surface area contributed by atoms with Crippen molar-refractivity contribution >= 4 is 5.97 Å². The van der Waals surface area contributed by atoms with E-state index in [1.807, 2.05) is 0 Å². The Balaban J connectivity index is 3.97. The van der Waals surface area contributed by atoms with Crippen molar-refractivity contribution < 1.29 is 9.53 Å². The van der Waals surface area contributed by atoms with Gasteiger partial charge in [0, 0.05) is 12.8 Å². The monoisotopic (exact) mass is 164 g/mol. The topological polar surface area (TPSA) is 26.3 Å². The molecule has 0 rings (SSSR count). The first-order valence-electron chi connectivity index (χ1n) is 3.71. The number of esters is 1. The number of hydrogen-bond acceptors (Lipinski definition) is 2. The molecule has 0 bridgehead atoms. The van der Waals surface area contributed by atoms with Gasteiger partial charge in [-0.15, -0.1) is 24.7 Å². The minimum absolute atomic E-state index is 0.240. The molecule has 1 atom stereocenters. The van der Waals surface area contributed by atoms with Gasteiger partial charge in [0.25, 0.3) is 0 Å². The van der Waals surface area contributed by atoms with Gasteiger partial charge in [-0.3, -0.25) is 4.79 Å². The molecular formula is C10H12O2. The molecule has 0 fully saturated rings. The lowest BCUT2D eigenvalue weighted by Gasteiger charge is -2.08. The van der Waals surface area contributed by atoms with Gasteiger partial charge in [0.15, 0.2) is 0 Å². The summed E-state index contributed by atoms with van der Waals surface area (Å²) in [6, 6.07) is 0. The molecule has 0 saturated carbocycles. The van der Waals surface area contributed by atoms with Gasteiger partial charge < -0.3 is 4.74 Å². The number of terminal acetylenes is 2. The Morgan fingerprint density at radius 2 is 2.17 bits per heavy atom. The van der Waals surface area contributed by atoms with Gasteiger partial charge in [-0.05, 0) is 6.42 Å². The summed E-state index contributed by atoms with van der Waals surface area (Å²) in [4.78, 5) is 11.0. The minimum atomic E-state index is -0.275. The number of hydrogen-bond donors (Lipinski definition) is 0. The van der Waals surface area contributed by atoms with Crippen molar-refractivity contribution in [1.82, 2.24) is 0 Å². The molecule has 2 heteroatoms. The zero-order valence-corrected chi connectivity index (χ0v) is 7.17. The summed E-state index contributed by atoms with van der Waals surface area (Å²) in [5, 5.41) is 0. The fraction of sp³-hybridized carbons (Fsp3) is 0.500. The van der Waals surface area contributed by atoms with E-state index < -0.39 is 0 Å². The highest BCUT2D eigenvalue weighted by Crippen LogP contribution is 2.11. The van der Waals surface area contributed by atoms with Crippen LogP contribution in [0.3, 0.4) is 0 Å². The molecule has 0 aromatic rings. The van der Waals surface area contributed by atoms with E-state index in [0.29, 0.717) is 19.3 Å². The Labute approximate surface area is 73.3 Å². The predicted molar refractivity (Wildman–Crippen MR) is 47.0 cm³/mol. The number of rotatable bonds is 4. The van der Waals surface area contributed by atoms with E-state index >= 15 is 0 Å².